The van der Waals surface area contributed by atoms with Gasteiger partial charge in [-0.3, -0.25) is 0 Å². The number of methoxy groups -OCH3 is 1. The van der Waals surface area contributed by atoms with Gasteiger partial charge in [0, 0.05) is 18.0 Å². The fraction of sp³-hybridized carbons (Fsp3) is 0.182. The van der Waals surface area contributed by atoms with Gasteiger partial charge in [-0.15, -0.1) is 0 Å². The zero-order valence-electron chi connectivity index (χ0n) is 8.77. The van der Waals surface area contributed by atoms with Crippen LogP contribution in [-0.2, 0) is 0 Å². The molecule has 0 aliphatic rings. The monoisotopic (exact) mass is 203 g/mol. The molecule has 0 aliphatic carbocycles. The van der Waals surface area contributed by atoms with Crippen molar-refractivity contribution >= 4 is 5.69 Å². The lowest BCUT2D eigenvalue weighted by Gasteiger charge is -2.09. The van der Waals surface area contributed by atoms with Crippen LogP contribution in [0.2, 0.25) is 0 Å². The van der Waals surface area contributed by atoms with E-state index in [1.54, 1.807) is 13.4 Å². The molecule has 2 aromatic rings. The summed E-state index contributed by atoms with van der Waals surface area (Å²) in [5.41, 5.74) is 8.45. The van der Waals surface area contributed by atoms with Crippen molar-refractivity contribution < 1.29 is 4.74 Å². The number of imidazole rings is 1. The Hall–Kier alpha value is -1.97. The molecule has 0 radical (unpaired) electrons. The van der Waals surface area contributed by atoms with E-state index in [0.717, 1.165) is 11.4 Å². The van der Waals surface area contributed by atoms with Crippen molar-refractivity contribution in [2.75, 3.05) is 12.8 Å². The Morgan fingerprint density at radius 2 is 2.20 bits per heavy atom. The van der Waals surface area contributed by atoms with Gasteiger partial charge < -0.3 is 15.0 Å². The second kappa shape index (κ2) is 3.65. The molecule has 1 aromatic carbocycles. The number of ether oxygens (including phenoxy) is 1. The Bertz CT molecular complexity index is 476. The van der Waals surface area contributed by atoms with E-state index in [-0.39, 0.29) is 0 Å². The Morgan fingerprint density at radius 3 is 2.80 bits per heavy atom. The number of aryl methyl sites for hydroxylation is 1. The number of anilines is 1. The van der Waals surface area contributed by atoms with E-state index < -0.39 is 0 Å². The second-order valence-corrected chi connectivity index (χ2v) is 3.33. The van der Waals surface area contributed by atoms with Crippen LogP contribution in [0, 0.1) is 6.92 Å². The lowest BCUT2D eigenvalue weighted by molar-refractivity contribution is 0.417. The van der Waals surface area contributed by atoms with Crippen molar-refractivity contribution in [3.63, 3.8) is 0 Å². The van der Waals surface area contributed by atoms with Crippen LogP contribution < -0.4 is 10.5 Å². The van der Waals surface area contributed by atoms with Crippen LogP contribution in [0.25, 0.3) is 5.69 Å². The van der Waals surface area contributed by atoms with Crippen LogP contribution in [0.4, 0.5) is 5.69 Å². The second-order valence-electron chi connectivity index (χ2n) is 3.33. The first kappa shape index (κ1) is 9.58. The number of nitrogens with zero attached hydrogens (tertiary/aromatic N) is 2. The van der Waals surface area contributed by atoms with Crippen molar-refractivity contribution in [1.29, 1.82) is 0 Å². The molecule has 0 bridgehead atoms. The molecule has 0 saturated carbocycles. The van der Waals surface area contributed by atoms with Gasteiger partial charge in [0.1, 0.15) is 5.75 Å². The first-order chi connectivity index (χ1) is 7.22. The summed E-state index contributed by atoms with van der Waals surface area (Å²) in [7, 11) is 1.61. The van der Waals surface area contributed by atoms with Gasteiger partial charge >= 0.3 is 0 Å². The maximum atomic E-state index is 5.74. The maximum absolute atomic E-state index is 5.74. The third kappa shape index (κ3) is 1.66. The average Bonchev–Trinajstić information content (AvgIpc) is 2.65. The number of aromatic nitrogens is 2. The van der Waals surface area contributed by atoms with Crippen LogP contribution in [-0.4, -0.2) is 16.7 Å². The molecule has 0 aliphatic heterocycles. The standard InChI is InChI=1S/C11H13N3O/c1-8-6-13-7-14(8)9-3-4-10(12)11(5-9)15-2/h3-7H,12H2,1-2H3. The van der Waals surface area contributed by atoms with Gasteiger partial charge in [-0.1, -0.05) is 0 Å². The highest BCUT2D eigenvalue weighted by Crippen LogP contribution is 2.24. The fourth-order valence-corrected chi connectivity index (χ4v) is 1.48. The van der Waals surface area contributed by atoms with Crippen molar-refractivity contribution in [3.05, 3.63) is 36.4 Å². The molecule has 2 rings (SSSR count). The molecule has 1 aromatic heterocycles. The number of hydrogen-bond acceptors (Lipinski definition) is 3. The maximum Gasteiger partial charge on any atom is 0.143 e. The fourth-order valence-electron chi connectivity index (χ4n) is 1.48. The van der Waals surface area contributed by atoms with E-state index in [4.69, 9.17) is 10.5 Å². The summed E-state index contributed by atoms with van der Waals surface area (Å²) >= 11 is 0. The summed E-state index contributed by atoms with van der Waals surface area (Å²) in [5.74, 6) is 0.681. The molecule has 0 atom stereocenters. The summed E-state index contributed by atoms with van der Waals surface area (Å²) < 4.78 is 7.14. The molecule has 0 amide bonds. The number of nitrogen functional groups attached to an aromatic ring is 1. The Morgan fingerprint density at radius 1 is 1.40 bits per heavy atom. The van der Waals surface area contributed by atoms with Crippen molar-refractivity contribution in [3.8, 4) is 11.4 Å². The van der Waals surface area contributed by atoms with E-state index in [0.29, 0.717) is 11.4 Å². The van der Waals surface area contributed by atoms with Gasteiger partial charge in [-0.25, -0.2) is 4.98 Å². The zero-order chi connectivity index (χ0) is 10.8. The SMILES string of the molecule is COc1cc(-n2cncc2C)ccc1N. The molecule has 0 fully saturated rings. The molecule has 0 spiro atoms. The molecule has 0 saturated heterocycles. The molecule has 15 heavy (non-hydrogen) atoms. The normalized spacial score (nSPS) is 10.3. The van der Waals surface area contributed by atoms with Crippen molar-refractivity contribution in [2.45, 2.75) is 6.92 Å². The summed E-state index contributed by atoms with van der Waals surface area (Å²) in [6.07, 6.45) is 3.57. The van der Waals surface area contributed by atoms with Gasteiger partial charge in [0.2, 0.25) is 0 Å². The third-order valence-corrected chi connectivity index (χ3v) is 2.32. The Kier molecular flexibility index (Phi) is 2.33. The van der Waals surface area contributed by atoms with E-state index >= 15 is 0 Å². The zero-order valence-corrected chi connectivity index (χ0v) is 8.77. The molecule has 2 N–H and O–H groups in total. The van der Waals surface area contributed by atoms with Crippen LogP contribution in [0.5, 0.6) is 5.75 Å². The van der Waals surface area contributed by atoms with Gasteiger partial charge in [-0.05, 0) is 19.1 Å². The van der Waals surface area contributed by atoms with Gasteiger partial charge in [0.15, 0.2) is 0 Å². The van der Waals surface area contributed by atoms with Crippen LogP contribution in [0.15, 0.2) is 30.7 Å². The van der Waals surface area contributed by atoms with Crippen molar-refractivity contribution in [2.24, 2.45) is 0 Å². The molecule has 0 unspecified atom stereocenters. The first-order valence-corrected chi connectivity index (χ1v) is 4.65. The predicted octanol–water partition coefficient (Wildman–Crippen LogP) is 1.77. The molecule has 1 heterocycles. The highest BCUT2D eigenvalue weighted by Gasteiger charge is 2.04. The molecule has 78 valence electrons. The lowest BCUT2D eigenvalue weighted by atomic mass is 10.2. The van der Waals surface area contributed by atoms with Crippen molar-refractivity contribution in [1.82, 2.24) is 9.55 Å². The summed E-state index contributed by atoms with van der Waals surface area (Å²) in [6.45, 7) is 2.00. The minimum absolute atomic E-state index is 0.638. The number of hydrogen-bond donors (Lipinski definition) is 1. The number of rotatable bonds is 2. The van der Waals surface area contributed by atoms with Crippen LogP contribution >= 0.6 is 0 Å². The highest BCUT2D eigenvalue weighted by atomic mass is 16.5. The Labute approximate surface area is 88.3 Å². The summed E-state index contributed by atoms with van der Waals surface area (Å²) in [5, 5.41) is 0. The number of benzene rings is 1. The lowest BCUT2D eigenvalue weighted by Crippen LogP contribution is -1.98. The molecular weight excluding hydrogens is 190 g/mol. The first-order valence-electron chi connectivity index (χ1n) is 4.65. The third-order valence-electron chi connectivity index (χ3n) is 2.32. The quantitative estimate of drug-likeness (QED) is 0.757. The van der Waals surface area contributed by atoms with E-state index in [1.807, 2.05) is 35.9 Å². The summed E-state index contributed by atoms with van der Waals surface area (Å²) in [4.78, 5) is 4.07. The predicted molar refractivity (Wildman–Crippen MR) is 59.3 cm³/mol. The minimum Gasteiger partial charge on any atom is -0.495 e. The smallest absolute Gasteiger partial charge is 0.143 e. The Balaban J connectivity index is 2.51. The topological polar surface area (TPSA) is 53.1 Å². The minimum atomic E-state index is 0.638. The van der Waals surface area contributed by atoms with Crippen LogP contribution in [0.1, 0.15) is 5.69 Å². The molecule has 4 heteroatoms. The van der Waals surface area contributed by atoms with E-state index in [1.165, 1.54) is 0 Å². The highest BCUT2D eigenvalue weighted by molar-refractivity contribution is 5.57. The van der Waals surface area contributed by atoms with Gasteiger partial charge in [-0.2, -0.15) is 0 Å². The van der Waals surface area contributed by atoms with E-state index in [9.17, 15) is 0 Å². The summed E-state index contributed by atoms with van der Waals surface area (Å²) in [6, 6.07) is 5.66. The number of nitrogens with two attached hydrogens (primary N) is 1. The van der Waals surface area contributed by atoms with E-state index in [2.05, 4.69) is 4.98 Å². The van der Waals surface area contributed by atoms with Crippen LogP contribution in [0.3, 0.4) is 0 Å². The van der Waals surface area contributed by atoms with Gasteiger partial charge in [0.05, 0.1) is 24.8 Å². The largest absolute Gasteiger partial charge is 0.495 e. The van der Waals surface area contributed by atoms with Gasteiger partial charge in [0.25, 0.3) is 0 Å². The molecular formula is C11H13N3O. The molecule has 4 nitrogen and oxygen atoms in total. The average molecular weight is 203 g/mol.